The van der Waals surface area contributed by atoms with E-state index in [9.17, 15) is 4.39 Å². The van der Waals surface area contributed by atoms with Gasteiger partial charge in [0, 0.05) is 0 Å². The second-order valence-corrected chi connectivity index (χ2v) is 1.45. The van der Waals surface area contributed by atoms with E-state index in [4.69, 9.17) is 6.57 Å². The summed E-state index contributed by atoms with van der Waals surface area (Å²) in [6.45, 7) is 6.24. The maximum atomic E-state index is 11.6. The van der Waals surface area contributed by atoms with Crippen molar-refractivity contribution in [3.05, 3.63) is 11.4 Å². The molecular formula is C4H4FN. The summed E-state index contributed by atoms with van der Waals surface area (Å²) in [5, 5.41) is 0. The van der Waals surface area contributed by atoms with Gasteiger partial charge in [-0.15, -0.1) is 0 Å². The molecule has 0 unspecified atom stereocenters. The van der Waals surface area contributed by atoms with E-state index < -0.39 is 6.17 Å². The highest BCUT2D eigenvalue weighted by Gasteiger charge is 2.44. The number of nitrogens with zero attached hydrogens (tertiary/aromatic N) is 1. The van der Waals surface area contributed by atoms with Gasteiger partial charge in [0.1, 0.15) is 0 Å². The van der Waals surface area contributed by atoms with E-state index in [1.165, 1.54) is 0 Å². The van der Waals surface area contributed by atoms with E-state index in [0.29, 0.717) is 6.42 Å². The molecule has 2 heteroatoms. The second kappa shape index (κ2) is 0.939. The number of hydrogen-bond donors (Lipinski definition) is 0. The van der Waals surface area contributed by atoms with Crippen LogP contribution in [-0.4, -0.2) is 12.2 Å². The zero-order chi connectivity index (χ0) is 4.57. The summed E-state index contributed by atoms with van der Waals surface area (Å²) in [6, 6.07) is -0.273. The number of alkyl halides is 1. The lowest BCUT2D eigenvalue weighted by Crippen LogP contribution is -1.72. The normalized spacial score (nSPS) is 41.3. The van der Waals surface area contributed by atoms with Crippen LogP contribution in [-0.2, 0) is 0 Å². The van der Waals surface area contributed by atoms with Gasteiger partial charge in [-0.05, 0) is 0 Å². The largest absolute Gasteiger partial charge is 0.310 e. The fourth-order valence-electron chi connectivity index (χ4n) is 0.286. The summed E-state index contributed by atoms with van der Waals surface area (Å²) < 4.78 is 11.6. The maximum absolute atomic E-state index is 11.6. The standard InChI is InChI=1S/C4H4FN/c1-6-4-2-3(4)5/h3-4H,2H2/t3-,4+/m0/s1. The van der Waals surface area contributed by atoms with Gasteiger partial charge in [0.2, 0.25) is 0 Å². The van der Waals surface area contributed by atoms with E-state index in [-0.39, 0.29) is 6.04 Å². The molecule has 0 aliphatic heterocycles. The highest BCUT2D eigenvalue weighted by molar-refractivity contribution is 5.01. The summed E-state index contributed by atoms with van der Waals surface area (Å²) in [4.78, 5) is 2.96. The van der Waals surface area contributed by atoms with Gasteiger partial charge in [0.25, 0.3) is 6.04 Å². The summed E-state index contributed by atoms with van der Waals surface area (Å²) in [7, 11) is 0. The average molecular weight is 85.1 g/mol. The summed E-state index contributed by atoms with van der Waals surface area (Å²) in [5.41, 5.74) is 0. The highest BCUT2D eigenvalue weighted by atomic mass is 19.1. The van der Waals surface area contributed by atoms with Crippen molar-refractivity contribution in [2.24, 2.45) is 0 Å². The lowest BCUT2D eigenvalue weighted by Gasteiger charge is -1.62. The molecule has 0 N–H and O–H groups in total. The van der Waals surface area contributed by atoms with Crippen molar-refractivity contribution in [1.29, 1.82) is 0 Å². The SMILES string of the molecule is [C-]#[N+][C@@H]1C[C@@H]1F. The molecule has 0 aromatic heterocycles. The minimum absolute atomic E-state index is 0.273. The summed E-state index contributed by atoms with van der Waals surface area (Å²) >= 11 is 0. The first-order chi connectivity index (χ1) is 2.84. The van der Waals surface area contributed by atoms with Crippen molar-refractivity contribution in [1.82, 2.24) is 0 Å². The molecule has 1 fully saturated rings. The van der Waals surface area contributed by atoms with Crippen molar-refractivity contribution in [2.75, 3.05) is 0 Å². The Morgan fingerprint density at radius 2 is 2.33 bits per heavy atom. The molecule has 2 atom stereocenters. The molecule has 0 amide bonds. The van der Waals surface area contributed by atoms with Crippen LogP contribution in [0.2, 0.25) is 0 Å². The van der Waals surface area contributed by atoms with Crippen LogP contribution in [0, 0.1) is 6.57 Å². The first-order valence-corrected chi connectivity index (χ1v) is 1.85. The van der Waals surface area contributed by atoms with Crippen LogP contribution in [0.25, 0.3) is 4.85 Å². The molecule has 1 saturated carbocycles. The van der Waals surface area contributed by atoms with Crippen molar-refractivity contribution < 1.29 is 4.39 Å². The first kappa shape index (κ1) is 3.60. The summed E-state index contributed by atoms with van der Waals surface area (Å²) in [5.74, 6) is 0. The van der Waals surface area contributed by atoms with E-state index in [1.807, 2.05) is 0 Å². The Bertz CT molecular complexity index is 94.2. The van der Waals surface area contributed by atoms with Crippen LogP contribution >= 0.6 is 0 Å². The van der Waals surface area contributed by atoms with Crippen molar-refractivity contribution >= 4 is 0 Å². The van der Waals surface area contributed by atoms with Gasteiger partial charge in [-0.2, -0.15) is 0 Å². The van der Waals surface area contributed by atoms with Crippen LogP contribution in [0.5, 0.6) is 0 Å². The third kappa shape index (κ3) is 0.364. The fraction of sp³-hybridized carbons (Fsp3) is 0.750. The van der Waals surface area contributed by atoms with E-state index in [2.05, 4.69) is 4.85 Å². The van der Waals surface area contributed by atoms with E-state index >= 15 is 0 Å². The Hall–Kier alpha value is -0.580. The predicted octanol–water partition coefficient (Wildman–Crippen LogP) is 1.02. The monoisotopic (exact) mass is 85.0 g/mol. The van der Waals surface area contributed by atoms with Gasteiger partial charge in [-0.25, -0.2) is 11.0 Å². The van der Waals surface area contributed by atoms with Crippen LogP contribution in [0.1, 0.15) is 6.42 Å². The molecule has 1 aliphatic rings. The predicted molar refractivity (Wildman–Crippen MR) is 19.9 cm³/mol. The Morgan fingerprint density at radius 1 is 1.83 bits per heavy atom. The minimum Gasteiger partial charge on any atom is -0.310 e. The van der Waals surface area contributed by atoms with Gasteiger partial charge in [-0.1, -0.05) is 0 Å². The first-order valence-electron chi connectivity index (χ1n) is 1.85. The Balaban J connectivity index is 2.31. The number of hydrogen-bond acceptors (Lipinski definition) is 0. The lowest BCUT2D eigenvalue weighted by molar-refractivity contribution is 0.475. The zero-order valence-corrected chi connectivity index (χ0v) is 3.19. The molecule has 0 aromatic carbocycles. The average Bonchev–Trinajstić information content (AvgIpc) is 2.19. The van der Waals surface area contributed by atoms with E-state index in [0.717, 1.165) is 0 Å². The molecule has 1 aliphatic carbocycles. The third-order valence-corrected chi connectivity index (χ3v) is 0.847. The third-order valence-electron chi connectivity index (χ3n) is 0.847. The van der Waals surface area contributed by atoms with Crippen molar-refractivity contribution in [3.8, 4) is 0 Å². The van der Waals surface area contributed by atoms with Crippen LogP contribution in [0.4, 0.5) is 4.39 Å². The Kier molecular flexibility index (Phi) is 0.564. The Labute approximate surface area is 35.6 Å². The Morgan fingerprint density at radius 3 is 2.33 bits per heavy atom. The molecule has 1 nitrogen and oxygen atoms in total. The molecule has 0 heterocycles. The van der Waals surface area contributed by atoms with Crippen LogP contribution in [0.15, 0.2) is 0 Å². The maximum Gasteiger partial charge on any atom is 0.257 e. The van der Waals surface area contributed by atoms with Crippen molar-refractivity contribution in [3.63, 3.8) is 0 Å². The zero-order valence-electron chi connectivity index (χ0n) is 3.19. The van der Waals surface area contributed by atoms with E-state index in [1.54, 1.807) is 0 Å². The van der Waals surface area contributed by atoms with Gasteiger partial charge in [0.15, 0.2) is 6.17 Å². The molecule has 32 valence electrons. The molecule has 0 bridgehead atoms. The lowest BCUT2D eigenvalue weighted by atomic mass is 10.8. The quantitative estimate of drug-likeness (QED) is 0.387. The topological polar surface area (TPSA) is 4.36 Å². The summed E-state index contributed by atoms with van der Waals surface area (Å²) in [6.07, 6.45) is -0.314. The number of rotatable bonds is 0. The minimum atomic E-state index is -0.789. The number of halogens is 1. The molecule has 0 aromatic rings. The van der Waals surface area contributed by atoms with Gasteiger partial charge >= 0.3 is 0 Å². The second-order valence-electron chi connectivity index (χ2n) is 1.45. The smallest absolute Gasteiger partial charge is 0.257 e. The highest BCUT2D eigenvalue weighted by Crippen LogP contribution is 2.28. The van der Waals surface area contributed by atoms with Crippen LogP contribution < -0.4 is 0 Å². The molecule has 1 rings (SSSR count). The van der Waals surface area contributed by atoms with Gasteiger partial charge in [0.05, 0.1) is 6.42 Å². The van der Waals surface area contributed by atoms with Crippen LogP contribution in [0.3, 0.4) is 0 Å². The fourth-order valence-corrected chi connectivity index (χ4v) is 0.286. The molecule has 0 radical (unpaired) electrons. The molecular weight excluding hydrogens is 81.0 g/mol. The van der Waals surface area contributed by atoms with Crippen molar-refractivity contribution in [2.45, 2.75) is 18.6 Å². The van der Waals surface area contributed by atoms with Gasteiger partial charge in [-0.3, -0.25) is 0 Å². The molecule has 6 heavy (non-hydrogen) atoms. The van der Waals surface area contributed by atoms with Gasteiger partial charge < -0.3 is 4.85 Å². The molecule has 0 spiro atoms. The molecule has 0 saturated heterocycles.